The Morgan fingerprint density at radius 3 is 2.06 bits per heavy atom. The topological polar surface area (TPSA) is 147 Å². The quantitative estimate of drug-likeness (QED) is 0.522. The molecule has 0 bridgehead atoms. The van der Waals surface area contributed by atoms with Crippen molar-refractivity contribution in [3.8, 4) is 0 Å². The minimum atomic E-state index is -4.55. The van der Waals surface area contributed by atoms with Gasteiger partial charge in [-0.25, -0.2) is 17.5 Å². The predicted octanol–water partition coefficient (Wildman–Crippen LogP) is 0.476. The van der Waals surface area contributed by atoms with Crippen molar-refractivity contribution in [3.05, 3.63) is 59.7 Å². The molecule has 2 aromatic carbocycles. The van der Waals surface area contributed by atoms with Crippen molar-refractivity contribution in [2.45, 2.75) is 42.2 Å². The molecule has 1 saturated heterocycles. The molecule has 0 aliphatic carbocycles. The first-order chi connectivity index (χ1) is 15.4. The first kappa shape index (κ1) is 24.8. The number of nitrogens with zero attached hydrogens (tertiary/aromatic N) is 1. The third-order valence-corrected chi connectivity index (χ3v) is 8.46. The normalized spacial score (nSPS) is 18.6. The number of sulfonamides is 1. The van der Waals surface area contributed by atoms with Crippen LogP contribution in [0.5, 0.6) is 0 Å². The van der Waals surface area contributed by atoms with Crippen molar-refractivity contribution >= 4 is 32.0 Å². The van der Waals surface area contributed by atoms with E-state index < -0.39 is 50.7 Å². The average Bonchev–Trinajstić information content (AvgIpc) is 3.18. The molecule has 2 aromatic rings. The smallest absolute Gasteiger partial charge is 0.343 e. The van der Waals surface area contributed by atoms with Gasteiger partial charge in [-0.15, -0.1) is 0 Å². The number of β-amino-alcohol motifs (C(OH)–C–C–N with tert-alkyl or cyclic N) is 1. The molecule has 0 saturated carbocycles. The van der Waals surface area contributed by atoms with Crippen LogP contribution in [0.1, 0.15) is 17.5 Å². The maximum Gasteiger partial charge on any atom is 0.343 e. The first-order valence-corrected chi connectivity index (χ1v) is 12.8. The summed E-state index contributed by atoms with van der Waals surface area (Å²) in [5, 5.41) is 12.4. The van der Waals surface area contributed by atoms with Gasteiger partial charge in [-0.1, -0.05) is 36.4 Å². The van der Waals surface area contributed by atoms with Gasteiger partial charge in [0.1, 0.15) is 11.4 Å². The number of aryl methyl sites for hydroxylation is 2. The number of carbonyl (C=O) groups is 2. The zero-order chi connectivity index (χ0) is 24.4. The number of rotatable bonds is 7. The summed E-state index contributed by atoms with van der Waals surface area (Å²) in [6.07, 6.45) is -0.926. The summed E-state index contributed by atoms with van der Waals surface area (Å²) < 4.78 is 56.7. The fourth-order valence-electron chi connectivity index (χ4n) is 3.47. The van der Waals surface area contributed by atoms with Gasteiger partial charge in [-0.2, -0.15) is 8.42 Å². The van der Waals surface area contributed by atoms with Crippen LogP contribution >= 0.6 is 0 Å². The Hall–Kier alpha value is -2.80. The number of hydrogen-bond donors (Lipinski definition) is 2. The Morgan fingerprint density at radius 2 is 1.55 bits per heavy atom. The van der Waals surface area contributed by atoms with E-state index in [2.05, 4.69) is 9.50 Å². The summed E-state index contributed by atoms with van der Waals surface area (Å²) in [5.74, 6) is -2.44. The summed E-state index contributed by atoms with van der Waals surface area (Å²) in [6.45, 7) is 1.94. The second-order valence-corrected chi connectivity index (χ2v) is 11.0. The van der Waals surface area contributed by atoms with Gasteiger partial charge in [0, 0.05) is 6.54 Å². The summed E-state index contributed by atoms with van der Waals surface area (Å²) in [4.78, 5) is 25.2. The van der Waals surface area contributed by atoms with E-state index in [0.717, 1.165) is 0 Å². The van der Waals surface area contributed by atoms with Crippen molar-refractivity contribution in [2.24, 2.45) is 0 Å². The molecule has 178 valence electrons. The van der Waals surface area contributed by atoms with E-state index in [4.69, 9.17) is 0 Å². The zero-order valence-electron chi connectivity index (χ0n) is 18.0. The van der Waals surface area contributed by atoms with Gasteiger partial charge >= 0.3 is 16.1 Å². The molecule has 12 heteroatoms. The van der Waals surface area contributed by atoms with Crippen LogP contribution in [0.2, 0.25) is 0 Å². The third kappa shape index (κ3) is 5.41. The highest BCUT2D eigenvalue weighted by molar-refractivity contribution is 7.89. The van der Waals surface area contributed by atoms with Gasteiger partial charge in [-0.3, -0.25) is 4.79 Å². The molecule has 1 fully saturated rings. The molecular formula is C21H24N2O8S2. The molecule has 10 nitrogen and oxygen atoms in total. The largest absolute Gasteiger partial charge is 0.392 e. The lowest BCUT2D eigenvalue weighted by atomic mass is 10.2. The molecule has 0 radical (unpaired) electrons. The highest BCUT2D eigenvalue weighted by Crippen LogP contribution is 2.23. The maximum absolute atomic E-state index is 13.3. The van der Waals surface area contributed by atoms with E-state index in [9.17, 15) is 31.5 Å². The Bertz CT molecular complexity index is 1270. The molecule has 1 aliphatic rings. The third-order valence-electron chi connectivity index (χ3n) is 5.15. The van der Waals surface area contributed by atoms with E-state index in [0.29, 0.717) is 15.4 Å². The number of aliphatic hydroxyl groups excluding tert-OH is 1. The van der Waals surface area contributed by atoms with Crippen molar-refractivity contribution in [3.63, 3.8) is 0 Å². The van der Waals surface area contributed by atoms with Crippen LogP contribution in [0.25, 0.3) is 0 Å². The fraction of sp³-hybridized carbons (Fsp3) is 0.333. The summed E-state index contributed by atoms with van der Waals surface area (Å²) >= 11 is 0. The Morgan fingerprint density at radius 1 is 1.00 bits per heavy atom. The van der Waals surface area contributed by atoms with E-state index >= 15 is 0 Å². The fourth-order valence-corrected chi connectivity index (χ4v) is 6.17. The molecular weight excluding hydrogens is 472 g/mol. The standard InChI is InChI=1S/C21H24N2O8S2/c1-14-7-3-5-9-18(14)32(27,28)23(21(26)17-11-16(24)12-22-17)13-20(25)31-33(29,30)19-10-6-4-8-15(19)2/h3-10,16-17,22,24H,11-13H2,1-2H3/t16?,17-/m0/s1. The lowest BCUT2D eigenvalue weighted by Crippen LogP contribution is -2.49. The van der Waals surface area contributed by atoms with Crippen molar-refractivity contribution in [2.75, 3.05) is 13.1 Å². The number of aliphatic hydroxyl groups is 1. The number of amides is 1. The van der Waals surface area contributed by atoms with E-state index in [1.165, 1.54) is 50.2 Å². The molecule has 33 heavy (non-hydrogen) atoms. The van der Waals surface area contributed by atoms with Gasteiger partial charge in [0.15, 0.2) is 0 Å². The SMILES string of the molecule is Cc1ccccc1S(=O)(=O)OC(=O)CN(C(=O)[C@@H]1CC(O)CN1)S(=O)(=O)c1ccccc1C. The Kier molecular flexibility index (Phi) is 7.22. The van der Waals surface area contributed by atoms with E-state index in [1.807, 2.05) is 0 Å². The van der Waals surface area contributed by atoms with Gasteiger partial charge in [0.25, 0.3) is 15.9 Å². The Balaban J connectivity index is 1.93. The van der Waals surface area contributed by atoms with Gasteiger partial charge in [-0.05, 0) is 43.5 Å². The number of hydrogen-bond acceptors (Lipinski definition) is 9. The number of benzene rings is 2. The lowest BCUT2D eigenvalue weighted by molar-refractivity contribution is -0.139. The van der Waals surface area contributed by atoms with Crippen LogP contribution in [0.15, 0.2) is 58.3 Å². The molecule has 1 aliphatic heterocycles. The monoisotopic (exact) mass is 496 g/mol. The first-order valence-electron chi connectivity index (χ1n) is 10.00. The molecule has 1 heterocycles. The van der Waals surface area contributed by atoms with Gasteiger partial charge < -0.3 is 14.6 Å². The molecule has 0 spiro atoms. The Labute approximate surface area is 192 Å². The molecule has 3 rings (SSSR count). The minimum absolute atomic E-state index is 0.0603. The lowest BCUT2D eigenvalue weighted by Gasteiger charge is -2.25. The van der Waals surface area contributed by atoms with Crippen LogP contribution in [0.3, 0.4) is 0 Å². The van der Waals surface area contributed by atoms with Crippen molar-refractivity contribution in [1.29, 1.82) is 0 Å². The molecule has 1 unspecified atom stereocenters. The zero-order valence-corrected chi connectivity index (χ0v) is 19.6. The number of carbonyl (C=O) groups excluding carboxylic acids is 2. The minimum Gasteiger partial charge on any atom is -0.392 e. The van der Waals surface area contributed by atoms with Crippen molar-refractivity contribution in [1.82, 2.24) is 9.62 Å². The second kappa shape index (κ2) is 9.59. The molecule has 2 atom stereocenters. The van der Waals surface area contributed by atoms with Crippen LogP contribution < -0.4 is 5.32 Å². The van der Waals surface area contributed by atoms with Gasteiger partial charge in [0.05, 0.1) is 17.0 Å². The molecule has 1 amide bonds. The second-order valence-electron chi connectivity index (χ2n) is 7.64. The summed E-state index contributed by atoms with van der Waals surface area (Å²) in [6, 6.07) is 10.6. The summed E-state index contributed by atoms with van der Waals surface area (Å²) in [7, 11) is -9.09. The highest BCUT2D eigenvalue weighted by atomic mass is 32.2. The van der Waals surface area contributed by atoms with Crippen LogP contribution in [-0.2, 0) is 33.9 Å². The van der Waals surface area contributed by atoms with Crippen molar-refractivity contribution < 1.29 is 35.7 Å². The average molecular weight is 497 g/mol. The summed E-state index contributed by atoms with van der Waals surface area (Å²) in [5.41, 5.74) is 0.658. The van der Waals surface area contributed by atoms with E-state index in [-0.39, 0.29) is 22.8 Å². The van der Waals surface area contributed by atoms with E-state index in [1.54, 1.807) is 12.1 Å². The molecule has 0 aromatic heterocycles. The van der Waals surface area contributed by atoms with Crippen LogP contribution in [0, 0.1) is 13.8 Å². The number of nitrogens with one attached hydrogen (secondary N) is 1. The van der Waals surface area contributed by atoms with Crippen LogP contribution in [-0.4, -0.2) is 63.4 Å². The van der Waals surface area contributed by atoms with Gasteiger partial charge in [0.2, 0.25) is 0 Å². The highest BCUT2D eigenvalue weighted by Gasteiger charge is 2.40. The predicted molar refractivity (Wildman–Crippen MR) is 117 cm³/mol. The molecule has 2 N–H and O–H groups in total. The maximum atomic E-state index is 13.3. The van der Waals surface area contributed by atoms with Crippen LogP contribution in [0.4, 0.5) is 0 Å².